The van der Waals surface area contributed by atoms with Crippen LogP contribution in [0.2, 0.25) is 0 Å². The standard InChI is InChI=1S/C24H22N2O5S/c1-4-31-18-12-16(10-11-17(18)27)20-19(21(28)15-8-6-5-7-9-15)22(29)23(30)26(20)24-25-13(2)14(3)32-24/h5-12,20,27-28H,4H2,1-3H3/b21-19+/t20-/m1/s1. The van der Waals surface area contributed by atoms with Gasteiger partial charge >= 0.3 is 5.91 Å². The Balaban J connectivity index is 1.96. The molecule has 0 spiro atoms. The molecule has 1 aliphatic heterocycles. The van der Waals surface area contributed by atoms with Gasteiger partial charge in [-0.2, -0.15) is 0 Å². The first kappa shape index (κ1) is 21.6. The number of aliphatic hydroxyl groups excluding tert-OH is 1. The lowest BCUT2D eigenvalue weighted by molar-refractivity contribution is -0.132. The van der Waals surface area contributed by atoms with Crippen molar-refractivity contribution in [2.45, 2.75) is 26.8 Å². The number of rotatable bonds is 5. The first-order valence-electron chi connectivity index (χ1n) is 10.1. The van der Waals surface area contributed by atoms with Crippen molar-refractivity contribution in [3.63, 3.8) is 0 Å². The molecule has 0 saturated carbocycles. The summed E-state index contributed by atoms with van der Waals surface area (Å²) >= 11 is 1.30. The van der Waals surface area contributed by atoms with Crippen LogP contribution in [0.1, 0.15) is 34.7 Å². The van der Waals surface area contributed by atoms with Crippen molar-refractivity contribution in [2.75, 3.05) is 11.5 Å². The van der Waals surface area contributed by atoms with Gasteiger partial charge in [-0.3, -0.25) is 14.5 Å². The van der Waals surface area contributed by atoms with Crippen molar-refractivity contribution in [3.8, 4) is 11.5 Å². The van der Waals surface area contributed by atoms with E-state index in [1.807, 2.05) is 13.8 Å². The maximum Gasteiger partial charge on any atom is 0.301 e. The number of aromatic nitrogens is 1. The number of Topliss-reactive ketones (excluding diaryl/α,β-unsaturated/α-hetero) is 1. The predicted molar refractivity (Wildman–Crippen MR) is 122 cm³/mol. The average Bonchev–Trinajstić information content (AvgIpc) is 3.25. The molecule has 2 N–H and O–H groups in total. The molecule has 4 rings (SSSR count). The summed E-state index contributed by atoms with van der Waals surface area (Å²) in [5.74, 6) is -1.68. The van der Waals surface area contributed by atoms with Crippen LogP contribution in [0.25, 0.3) is 5.76 Å². The molecule has 2 aromatic carbocycles. The minimum Gasteiger partial charge on any atom is -0.507 e. The summed E-state index contributed by atoms with van der Waals surface area (Å²) < 4.78 is 5.51. The number of ketones is 1. The maximum absolute atomic E-state index is 13.2. The zero-order chi connectivity index (χ0) is 23.0. The van der Waals surface area contributed by atoms with Crippen LogP contribution in [0.15, 0.2) is 54.1 Å². The van der Waals surface area contributed by atoms with Gasteiger partial charge in [0.15, 0.2) is 16.6 Å². The lowest BCUT2D eigenvalue weighted by atomic mass is 9.95. The molecule has 7 nitrogen and oxygen atoms in total. The van der Waals surface area contributed by atoms with Crippen molar-refractivity contribution < 1.29 is 24.5 Å². The monoisotopic (exact) mass is 450 g/mol. The van der Waals surface area contributed by atoms with Gasteiger partial charge in [-0.1, -0.05) is 36.4 Å². The second-order valence-electron chi connectivity index (χ2n) is 7.33. The maximum atomic E-state index is 13.2. The number of aliphatic hydroxyl groups is 1. The summed E-state index contributed by atoms with van der Waals surface area (Å²) in [5.41, 5.74) is 1.65. The molecule has 1 amide bonds. The average molecular weight is 451 g/mol. The van der Waals surface area contributed by atoms with Gasteiger partial charge in [0.2, 0.25) is 0 Å². The molecule has 1 aliphatic rings. The second-order valence-corrected chi connectivity index (χ2v) is 8.51. The summed E-state index contributed by atoms with van der Waals surface area (Å²) in [5, 5.41) is 21.6. The lowest BCUT2D eigenvalue weighted by Crippen LogP contribution is -2.29. The molecule has 2 heterocycles. The number of nitrogens with zero attached hydrogens (tertiary/aromatic N) is 2. The van der Waals surface area contributed by atoms with Crippen LogP contribution in [0.5, 0.6) is 11.5 Å². The highest BCUT2D eigenvalue weighted by Crippen LogP contribution is 2.45. The normalized spacial score (nSPS) is 17.7. The number of anilines is 1. The number of ether oxygens (including phenoxy) is 1. The largest absolute Gasteiger partial charge is 0.507 e. The first-order chi connectivity index (χ1) is 15.3. The molecule has 0 bridgehead atoms. The van der Waals surface area contributed by atoms with E-state index < -0.39 is 17.7 Å². The Hall–Kier alpha value is -3.65. The van der Waals surface area contributed by atoms with Gasteiger partial charge < -0.3 is 14.9 Å². The molecule has 164 valence electrons. The van der Waals surface area contributed by atoms with Crippen LogP contribution in [0.4, 0.5) is 5.13 Å². The lowest BCUT2D eigenvalue weighted by Gasteiger charge is -2.23. The minimum atomic E-state index is -0.931. The van der Waals surface area contributed by atoms with Crippen molar-refractivity contribution in [2.24, 2.45) is 0 Å². The van der Waals surface area contributed by atoms with Gasteiger partial charge in [-0.15, -0.1) is 11.3 Å². The second kappa shape index (κ2) is 8.47. The van der Waals surface area contributed by atoms with E-state index in [9.17, 15) is 19.8 Å². The minimum absolute atomic E-state index is 0.0418. The molecular weight excluding hydrogens is 428 g/mol. The van der Waals surface area contributed by atoms with Gasteiger partial charge in [0.1, 0.15) is 5.76 Å². The van der Waals surface area contributed by atoms with Crippen molar-refractivity contribution in [1.82, 2.24) is 4.98 Å². The number of hydrogen-bond acceptors (Lipinski definition) is 7. The fourth-order valence-electron chi connectivity index (χ4n) is 3.63. The van der Waals surface area contributed by atoms with Crippen LogP contribution in [0, 0.1) is 13.8 Å². The summed E-state index contributed by atoms with van der Waals surface area (Å²) in [7, 11) is 0. The zero-order valence-electron chi connectivity index (χ0n) is 17.8. The number of hydrogen-bond donors (Lipinski definition) is 2. The van der Waals surface area contributed by atoms with E-state index in [4.69, 9.17) is 4.74 Å². The third-order valence-electron chi connectivity index (χ3n) is 5.31. The summed E-state index contributed by atoms with van der Waals surface area (Å²) in [6.45, 7) is 5.83. The van der Waals surface area contributed by atoms with Crippen LogP contribution in [-0.2, 0) is 9.59 Å². The molecule has 1 fully saturated rings. The number of carbonyl (C=O) groups excluding carboxylic acids is 2. The van der Waals surface area contributed by atoms with Crippen LogP contribution < -0.4 is 9.64 Å². The smallest absolute Gasteiger partial charge is 0.301 e. The quantitative estimate of drug-likeness (QED) is 0.338. The van der Waals surface area contributed by atoms with Crippen LogP contribution in [-0.4, -0.2) is 33.5 Å². The third kappa shape index (κ3) is 3.62. The van der Waals surface area contributed by atoms with Gasteiger partial charge in [-0.05, 0) is 38.5 Å². The number of phenolic OH excluding ortho intramolecular Hbond substituents is 1. The Morgan fingerprint density at radius 3 is 2.50 bits per heavy atom. The number of aromatic hydroxyl groups is 1. The van der Waals surface area contributed by atoms with Gasteiger partial charge in [0, 0.05) is 10.4 Å². The Labute approximate surface area is 189 Å². The van der Waals surface area contributed by atoms with Crippen molar-refractivity contribution in [3.05, 3.63) is 75.8 Å². The van der Waals surface area contributed by atoms with E-state index in [0.717, 1.165) is 10.6 Å². The Morgan fingerprint density at radius 2 is 1.88 bits per heavy atom. The number of carbonyl (C=O) groups is 2. The van der Waals surface area contributed by atoms with E-state index in [2.05, 4.69) is 4.98 Å². The fourth-order valence-corrected chi connectivity index (χ4v) is 4.56. The Kier molecular flexibility index (Phi) is 5.71. The molecule has 1 aromatic heterocycles. The summed E-state index contributed by atoms with van der Waals surface area (Å²) in [6.07, 6.45) is 0. The van der Waals surface area contributed by atoms with Crippen LogP contribution >= 0.6 is 11.3 Å². The summed E-state index contributed by atoms with van der Waals surface area (Å²) in [6, 6.07) is 12.3. The molecule has 1 atom stereocenters. The molecular formula is C24H22N2O5S. The Morgan fingerprint density at radius 1 is 1.16 bits per heavy atom. The van der Waals surface area contributed by atoms with Crippen molar-refractivity contribution >= 4 is 33.9 Å². The molecule has 0 unspecified atom stereocenters. The van der Waals surface area contributed by atoms with Gasteiger partial charge in [0.25, 0.3) is 5.78 Å². The molecule has 0 aliphatic carbocycles. The van der Waals surface area contributed by atoms with Gasteiger partial charge in [0.05, 0.1) is 23.9 Å². The van der Waals surface area contributed by atoms with E-state index in [1.165, 1.54) is 22.3 Å². The van der Waals surface area contributed by atoms with Crippen molar-refractivity contribution in [1.29, 1.82) is 0 Å². The topological polar surface area (TPSA) is 100.0 Å². The number of phenols is 1. The Bertz CT molecular complexity index is 1210. The summed E-state index contributed by atoms with van der Waals surface area (Å²) in [4.78, 5) is 33.0. The van der Waals surface area contributed by atoms with E-state index in [-0.39, 0.29) is 22.8 Å². The van der Waals surface area contributed by atoms with Gasteiger partial charge in [-0.25, -0.2) is 4.98 Å². The number of benzene rings is 2. The van der Waals surface area contributed by atoms with E-state index in [0.29, 0.717) is 22.9 Å². The molecule has 1 saturated heterocycles. The fraction of sp³-hybridized carbons (Fsp3) is 0.208. The highest BCUT2D eigenvalue weighted by molar-refractivity contribution is 7.16. The van der Waals surface area contributed by atoms with E-state index >= 15 is 0 Å². The predicted octanol–water partition coefficient (Wildman–Crippen LogP) is 4.49. The number of aryl methyl sites for hydroxylation is 2. The highest BCUT2D eigenvalue weighted by Gasteiger charge is 2.48. The number of thiazole rings is 1. The zero-order valence-corrected chi connectivity index (χ0v) is 18.6. The van der Waals surface area contributed by atoms with E-state index in [1.54, 1.807) is 49.4 Å². The number of amides is 1. The molecule has 3 aromatic rings. The first-order valence-corrected chi connectivity index (χ1v) is 10.9. The third-order valence-corrected chi connectivity index (χ3v) is 6.39. The SMILES string of the molecule is CCOc1cc([C@@H]2/C(=C(\O)c3ccccc3)C(=O)C(=O)N2c2nc(C)c(C)s2)ccc1O. The molecule has 8 heteroatoms. The molecule has 0 radical (unpaired) electrons. The molecule has 32 heavy (non-hydrogen) atoms. The highest BCUT2D eigenvalue weighted by atomic mass is 32.1. The van der Waals surface area contributed by atoms with Crippen LogP contribution in [0.3, 0.4) is 0 Å².